The lowest BCUT2D eigenvalue weighted by molar-refractivity contribution is 1.28. The van der Waals surface area contributed by atoms with Gasteiger partial charge in [-0.25, -0.2) is 0 Å². The fourth-order valence-electron chi connectivity index (χ4n) is 2.42. The minimum atomic E-state index is -1.16. The van der Waals surface area contributed by atoms with Crippen LogP contribution in [-0.2, 0) is 0 Å². The van der Waals surface area contributed by atoms with Crippen molar-refractivity contribution < 1.29 is 0 Å². The van der Waals surface area contributed by atoms with E-state index in [1.165, 1.54) is 6.42 Å². The Morgan fingerprint density at radius 1 is 0.706 bits per heavy atom. The molecule has 0 amide bonds. The summed E-state index contributed by atoms with van der Waals surface area (Å²) in [6.45, 7) is 22.6. The molecule has 0 saturated heterocycles. The Morgan fingerprint density at radius 3 is 1.41 bits per heavy atom. The van der Waals surface area contributed by atoms with Crippen LogP contribution >= 0.6 is 0 Å². The zero-order valence-corrected chi connectivity index (χ0v) is 16.3. The SMILES string of the molecule is C[Si](C)(C)C1=CC([Si](C)(C)C)=C([Si](C)(C)C)C1. The molecule has 1 rings (SSSR count). The third kappa shape index (κ3) is 3.55. The van der Waals surface area contributed by atoms with Gasteiger partial charge in [0.15, 0.2) is 0 Å². The van der Waals surface area contributed by atoms with Crippen LogP contribution in [0.25, 0.3) is 0 Å². The summed E-state index contributed by atoms with van der Waals surface area (Å²) < 4.78 is 0. The summed E-state index contributed by atoms with van der Waals surface area (Å²) in [5.41, 5.74) is 0. The van der Waals surface area contributed by atoms with Crippen LogP contribution in [0, 0.1) is 0 Å². The molecule has 17 heavy (non-hydrogen) atoms. The van der Waals surface area contributed by atoms with Crippen molar-refractivity contribution in [2.24, 2.45) is 0 Å². The van der Waals surface area contributed by atoms with Gasteiger partial charge in [-0.1, -0.05) is 80.6 Å². The standard InChI is InChI=1S/C14H30Si3/c1-15(2,3)12-10-13(16(4,5)6)14(11-12)17(7,8)9/h10H,11H2,1-9H3. The first kappa shape index (κ1) is 15.2. The van der Waals surface area contributed by atoms with Crippen LogP contribution in [0.5, 0.6) is 0 Å². The van der Waals surface area contributed by atoms with Crippen molar-refractivity contribution in [1.82, 2.24) is 0 Å². The van der Waals surface area contributed by atoms with Gasteiger partial charge in [-0.15, -0.1) is 0 Å². The highest BCUT2D eigenvalue weighted by Gasteiger charge is 2.36. The van der Waals surface area contributed by atoms with Crippen molar-refractivity contribution in [3.63, 3.8) is 0 Å². The smallest absolute Gasteiger partial charge is 0.0770 e. The van der Waals surface area contributed by atoms with Gasteiger partial charge < -0.3 is 0 Å². The average molecular weight is 283 g/mol. The molecule has 0 aliphatic heterocycles. The summed E-state index contributed by atoms with van der Waals surface area (Å²) in [6, 6.07) is 0. The van der Waals surface area contributed by atoms with Gasteiger partial charge in [-0.2, -0.15) is 0 Å². The van der Waals surface area contributed by atoms with Crippen LogP contribution in [0.3, 0.4) is 0 Å². The fourth-order valence-corrected chi connectivity index (χ4v) is 9.48. The summed E-state index contributed by atoms with van der Waals surface area (Å²) in [7, 11) is -3.39. The predicted octanol–water partition coefficient (Wildman–Crippen LogP) is 5.25. The van der Waals surface area contributed by atoms with E-state index in [-0.39, 0.29) is 0 Å². The van der Waals surface area contributed by atoms with Gasteiger partial charge in [0, 0.05) is 0 Å². The first-order valence-corrected chi connectivity index (χ1v) is 17.3. The van der Waals surface area contributed by atoms with E-state index in [0.29, 0.717) is 0 Å². The highest BCUT2D eigenvalue weighted by Crippen LogP contribution is 2.39. The van der Waals surface area contributed by atoms with Gasteiger partial charge in [0.2, 0.25) is 0 Å². The third-order valence-corrected chi connectivity index (χ3v) is 10.5. The van der Waals surface area contributed by atoms with Crippen LogP contribution < -0.4 is 0 Å². The highest BCUT2D eigenvalue weighted by atomic mass is 28.3. The molecule has 0 atom stereocenters. The topological polar surface area (TPSA) is 0 Å². The van der Waals surface area contributed by atoms with E-state index in [0.717, 1.165) is 0 Å². The molecule has 0 radical (unpaired) electrons. The molecule has 0 aromatic heterocycles. The van der Waals surface area contributed by atoms with Crippen LogP contribution in [0.1, 0.15) is 6.42 Å². The zero-order valence-electron chi connectivity index (χ0n) is 13.3. The van der Waals surface area contributed by atoms with Crippen LogP contribution in [0.4, 0.5) is 0 Å². The van der Waals surface area contributed by atoms with Gasteiger partial charge in [0.05, 0.1) is 24.2 Å². The predicted molar refractivity (Wildman–Crippen MR) is 89.8 cm³/mol. The minimum absolute atomic E-state index is 1.10. The Bertz CT molecular complexity index is 368. The molecule has 0 fully saturated rings. The summed E-state index contributed by atoms with van der Waals surface area (Å²) in [4.78, 5) is 0. The first-order valence-electron chi connectivity index (χ1n) is 6.78. The van der Waals surface area contributed by atoms with Gasteiger partial charge >= 0.3 is 0 Å². The summed E-state index contributed by atoms with van der Waals surface area (Å²) in [5, 5.41) is 5.47. The van der Waals surface area contributed by atoms with E-state index in [1.807, 2.05) is 5.20 Å². The molecule has 98 valence electrons. The first-order chi connectivity index (χ1) is 7.33. The quantitative estimate of drug-likeness (QED) is 0.621. The van der Waals surface area contributed by atoms with Crippen molar-refractivity contribution in [3.05, 3.63) is 21.7 Å². The number of hydrogen-bond donors (Lipinski definition) is 0. The maximum atomic E-state index is 2.63. The molecule has 0 aromatic carbocycles. The summed E-state index contributed by atoms with van der Waals surface area (Å²) in [5.74, 6) is 0. The Labute approximate surface area is 111 Å². The molecule has 1 aliphatic rings. The fraction of sp³-hybridized carbons (Fsp3) is 0.714. The van der Waals surface area contributed by atoms with Gasteiger partial charge in [0.1, 0.15) is 0 Å². The normalized spacial score (nSPS) is 18.8. The van der Waals surface area contributed by atoms with E-state index < -0.39 is 24.2 Å². The van der Waals surface area contributed by atoms with Gasteiger partial charge in [-0.3, -0.25) is 0 Å². The van der Waals surface area contributed by atoms with Crippen molar-refractivity contribution in [2.45, 2.75) is 65.3 Å². The average Bonchev–Trinajstić information content (AvgIpc) is 2.42. The molecule has 0 unspecified atom stereocenters. The minimum Gasteiger partial charge on any atom is -0.0782 e. The zero-order chi connectivity index (χ0) is 13.6. The molecule has 0 nitrogen and oxygen atoms in total. The molecule has 0 heterocycles. The molecule has 3 heteroatoms. The summed E-state index contributed by atoms with van der Waals surface area (Å²) in [6.07, 6.45) is 3.96. The van der Waals surface area contributed by atoms with Crippen LogP contribution in [0.2, 0.25) is 58.9 Å². The molecule has 0 N–H and O–H groups in total. The Hall–Kier alpha value is 0.131. The Balaban J connectivity index is 3.23. The van der Waals surface area contributed by atoms with Crippen molar-refractivity contribution >= 4 is 24.2 Å². The van der Waals surface area contributed by atoms with E-state index in [2.05, 4.69) is 65.0 Å². The monoisotopic (exact) mass is 282 g/mol. The molecular weight excluding hydrogens is 252 g/mol. The van der Waals surface area contributed by atoms with Crippen LogP contribution in [0.15, 0.2) is 21.7 Å². The molecule has 0 spiro atoms. The summed E-state index contributed by atoms with van der Waals surface area (Å²) >= 11 is 0. The second-order valence-corrected chi connectivity index (χ2v) is 23.8. The van der Waals surface area contributed by atoms with Crippen molar-refractivity contribution in [2.75, 3.05) is 0 Å². The molecule has 0 saturated carbocycles. The van der Waals surface area contributed by atoms with E-state index >= 15 is 0 Å². The second-order valence-electron chi connectivity index (χ2n) is 8.49. The van der Waals surface area contributed by atoms with Crippen molar-refractivity contribution in [3.8, 4) is 0 Å². The van der Waals surface area contributed by atoms with Crippen molar-refractivity contribution in [1.29, 1.82) is 0 Å². The highest BCUT2D eigenvalue weighted by molar-refractivity contribution is 6.91. The lowest BCUT2D eigenvalue weighted by Crippen LogP contribution is -2.31. The maximum Gasteiger partial charge on any atom is 0.0770 e. The van der Waals surface area contributed by atoms with E-state index in [9.17, 15) is 0 Å². The van der Waals surface area contributed by atoms with E-state index in [1.54, 1.807) is 10.4 Å². The van der Waals surface area contributed by atoms with Gasteiger partial charge in [0.25, 0.3) is 0 Å². The van der Waals surface area contributed by atoms with Gasteiger partial charge in [-0.05, 0) is 6.42 Å². The Morgan fingerprint density at radius 2 is 1.18 bits per heavy atom. The number of allylic oxidation sites excluding steroid dienone is 4. The number of rotatable bonds is 3. The molecule has 0 bridgehead atoms. The lowest BCUT2D eigenvalue weighted by Gasteiger charge is -2.27. The molecule has 1 aliphatic carbocycles. The number of hydrogen-bond acceptors (Lipinski definition) is 0. The molecular formula is C14H30Si3. The third-order valence-electron chi connectivity index (χ3n) is 3.69. The largest absolute Gasteiger partial charge is 0.0782 e. The second kappa shape index (κ2) is 4.35. The Kier molecular flexibility index (Phi) is 3.89. The van der Waals surface area contributed by atoms with E-state index in [4.69, 9.17) is 0 Å². The molecule has 0 aromatic rings. The van der Waals surface area contributed by atoms with Crippen LogP contribution in [-0.4, -0.2) is 24.2 Å². The lowest BCUT2D eigenvalue weighted by atomic mass is 10.5. The maximum absolute atomic E-state index is 2.63.